The molecule has 0 aromatic heterocycles. The minimum Gasteiger partial charge on any atom is -0.309 e. The van der Waals surface area contributed by atoms with Gasteiger partial charge in [0.1, 0.15) is 0 Å². The highest BCUT2D eigenvalue weighted by molar-refractivity contribution is 14.1. The molecular weight excluding hydrogens is 251 g/mol. The Bertz CT molecular complexity index is 163. The number of hydrogen-bond donors (Lipinski definition) is 1. The third-order valence-corrected chi connectivity index (χ3v) is 2.78. The van der Waals surface area contributed by atoms with Gasteiger partial charge in [0.15, 0.2) is 0 Å². The minimum atomic E-state index is 0.418. The van der Waals surface area contributed by atoms with Gasteiger partial charge < -0.3 is 5.43 Å². The summed E-state index contributed by atoms with van der Waals surface area (Å²) in [5.41, 5.74) is 3.53. The average Bonchev–Trinajstić information content (AvgIpc) is 1.83. The first-order valence-corrected chi connectivity index (χ1v) is 5.13. The van der Waals surface area contributed by atoms with Crippen LogP contribution in [0.5, 0.6) is 0 Å². The number of nitrogens with one attached hydrogen (secondary N) is 1. The molecule has 0 aromatic rings. The van der Waals surface area contributed by atoms with Crippen LogP contribution in [-0.2, 0) is 0 Å². The molecule has 0 bridgehead atoms. The lowest BCUT2D eigenvalue weighted by Crippen LogP contribution is -2.28. The van der Waals surface area contributed by atoms with Crippen LogP contribution in [-0.4, -0.2) is 10.3 Å². The molecule has 0 unspecified atom stereocenters. The molecule has 1 heterocycles. The van der Waals surface area contributed by atoms with Crippen molar-refractivity contribution in [3.8, 4) is 0 Å². The van der Waals surface area contributed by atoms with Gasteiger partial charge in [0.25, 0.3) is 0 Å². The van der Waals surface area contributed by atoms with Crippen molar-refractivity contribution >= 4 is 26.3 Å². The first-order chi connectivity index (χ1) is 5.10. The number of hydrazone groups is 1. The summed E-state index contributed by atoms with van der Waals surface area (Å²) >= 11 is 2.30. The van der Waals surface area contributed by atoms with E-state index in [2.05, 4.69) is 47.0 Å². The van der Waals surface area contributed by atoms with E-state index < -0.39 is 0 Å². The van der Waals surface area contributed by atoms with Crippen LogP contribution in [0.15, 0.2) is 5.10 Å². The van der Waals surface area contributed by atoms with Gasteiger partial charge in [-0.2, -0.15) is 5.10 Å². The summed E-state index contributed by atoms with van der Waals surface area (Å²) in [7, 11) is 0. The van der Waals surface area contributed by atoms with E-state index in [-0.39, 0.29) is 0 Å². The Morgan fingerprint density at radius 3 is 3.00 bits per heavy atom. The van der Waals surface area contributed by atoms with E-state index in [1.54, 1.807) is 0 Å². The van der Waals surface area contributed by atoms with Crippen molar-refractivity contribution in [3.63, 3.8) is 0 Å². The zero-order chi connectivity index (χ0) is 8.32. The molecule has 0 aliphatic carbocycles. The molecule has 2 nitrogen and oxygen atoms in total. The number of rotatable bonds is 0. The lowest BCUT2D eigenvalue weighted by molar-refractivity contribution is 0.307. The van der Waals surface area contributed by atoms with E-state index in [0.29, 0.717) is 5.41 Å². The summed E-state index contributed by atoms with van der Waals surface area (Å²) < 4.78 is 1.21. The summed E-state index contributed by atoms with van der Waals surface area (Å²) in [6.07, 6.45) is 3.70. The maximum absolute atomic E-state index is 4.23. The Morgan fingerprint density at radius 1 is 1.55 bits per heavy atom. The molecular formula is C8H15IN2. The molecule has 64 valence electrons. The van der Waals surface area contributed by atoms with Gasteiger partial charge in [-0.25, -0.2) is 0 Å². The molecule has 0 saturated heterocycles. The molecule has 0 atom stereocenters. The third-order valence-electron chi connectivity index (χ3n) is 1.99. The van der Waals surface area contributed by atoms with Gasteiger partial charge in [-0.3, -0.25) is 0 Å². The van der Waals surface area contributed by atoms with Gasteiger partial charge >= 0.3 is 0 Å². The molecule has 3 heteroatoms. The highest BCUT2D eigenvalue weighted by Gasteiger charge is 2.18. The topological polar surface area (TPSA) is 24.4 Å². The second-order valence-corrected chi connectivity index (χ2v) is 5.09. The molecule has 0 aromatic carbocycles. The Hall–Kier alpha value is 0.200. The molecule has 1 rings (SSSR count). The molecule has 11 heavy (non-hydrogen) atoms. The molecule has 0 radical (unpaired) electrons. The molecule has 1 aliphatic rings. The summed E-state index contributed by atoms with van der Waals surface area (Å²) in [6, 6.07) is 0. The van der Waals surface area contributed by atoms with E-state index >= 15 is 0 Å². The minimum absolute atomic E-state index is 0.418. The average molecular weight is 266 g/mol. The van der Waals surface area contributed by atoms with Gasteiger partial charge in [0, 0.05) is 6.54 Å². The van der Waals surface area contributed by atoms with Crippen molar-refractivity contribution in [2.75, 3.05) is 6.54 Å². The van der Waals surface area contributed by atoms with Gasteiger partial charge in [-0.1, -0.05) is 13.8 Å². The molecule has 0 amide bonds. The fourth-order valence-electron chi connectivity index (χ4n) is 1.20. The standard InChI is InChI=1S/C8H15IN2/c1-8(2)5-3-4-7(9)11-10-6-8/h10H,3-6H2,1-2H3/b11-7+. The third kappa shape index (κ3) is 3.40. The van der Waals surface area contributed by atoms with Crippen LogP contribution in [0, 0.1) is 5.41 Å². The zero-order valence-electron chi connectivity index (χ0n) is 7.15. The number of halogens is 1. The number of nitrogens with zero attached hydrogens (tertiary/aromatic N) is 1. The Balaban J connectivity index is 2.50. The predicted molar refractivity (Wildman–Crippen MR) is 57.1 cm³/mol. The largest absolute Gasteiger partial charge is 0.309 e. The van der Waals surface area contributed by atoms with E-state index in [4.69, 9.17) is 0 Å². The Kier molecular flexibility index (Phi) is 3.16. The van der Waals surface area contributed by atoms with E-state index in [1.807, 2.05) is 0 Å². The Labute approximate surface area is 82.0 Å². The van der Waals surface area contributed by atoms with Crippen LogP contribution in [0.2, 0.25) is 0 Å². The van der Waals surface area contributed by atoms with Crippen LogP contribution < -0.4 is 5.43 Å². The summed E-state index contributed by atoms with van der Waals surface area (Å²) in [6.45, 7) is 5.57. The summed E-state index contributed by atoms with van der Waals surface area (Å²) in [5, 5.41) is 4.23. The van der Waals surface area contributed by atoms with E-state index in [9.17, 15) is 0 Å². The van der Waals surface area contributed by atoms with Gasteiger partial charge in [0.05, 0.1) is 3.72 Å². The van der Waals surface area contributed by atoms with E-state index in [0.717, 1.165) is 13.0 Å². The van der Waals surface area contributed by atoms with Crippen molar-refractivity contribution in [1.82, 2.24) is 5.43 Å². The zero-order valence-corrected chi connectivity index (χ0v) is 9.31. The van der Waals surface area contributed by atoms with Gasteiger partial charge in [0.2, 0.25) is 0 Å². The first kappa shape index (κ1) is 9.29. The van der Waals surface area contributed by atoms with Crippen LogP contribution in [0.3, 0.4) is 0 Å². The maximum Gasteiger partial charge on any atom is 0.0982 e. The SMILES string of the molecule is CC1(C)CCC/C(I)=N\NC1. The quantitative estimate of drug-likeness (QED) is 0.669. The molecule has 0 spiro atoms. The maximum atomic E-state index is 4.23. The van der Waals surface area contributed by atoms with Crippen molar-refractivity contribution in [2.24, 2.45) is 10.5 Å². The second-order valence-electron chi connectivity index (χ2n) is 3.84. The van der Waals surface area contributed by atoms with Crippen molar-refractivity contribution in [3.05, 3.63) is 0 Å². The summed E-state index contributed by atoms with van der Waals surface area (Å²) in [5.74, 6) is 0. The van der Waals surface area contributed by atoms with Crippen LogP contribution >= 0.6 is 22.6 Å². The summed E-state index contributed by atoms with van der Waals surface area (Å²) in [4.78, 5) is 0. The molecule has 0 fully saturated rings. The molecule has 1 aliphatic heterocycles. The Morgan fingerprint density at radius 2 is 2.27 bits per heavy atom. The fraction of sp³-hybridized carbons (Fsp3) is 0.875. The molecule has 0 saturated carbocycles. The van der Waals surface area contributed by atoms with E-state index in [1.165, 1.54) is 16.6 Å². The smallest absolute Gasteiger partial charge is 0.0982 e. The fourth-order valence-corrected chi connectivity index (χ4v) is 1.75. The monoisotopic (exact) mass is 266 g/mol. The van der Waals surface area contributed by atoms with Crippen molar-refractivity contribution < 1.29 is 0 Å². The highest BCUT2D eigenvalue weighted by Crippen LogP contribution is 2.24. The van der Waals surface area contributed by atoms with Crippen molar-refractivity contribution in [2.45, 2.75) is 33.1 Å². The highest BCUT2D eigenvalue weighted by atomic mass is 127. The predicted octanol–water partition coefficient (Wildman–Crippen LogP) is 2.53. The number of hydrogen-bond acceptors (Lipinski definition) is 2. The van der Waals surface area contributed by atoms with Crippen molar-refractivity contribution in [1.29, 1.82) is 0 Å². The lowest BCUT2D eigenvalue weighted by Gasteiger charge is -2.25. The van der Waals surface area contributed by atoms with Crippen LogP contribution in [0.4, 0.5) is 0 Å². The van der Waals surface area contributed by atoms with Crippen LogP contribution in [0.25, 0.3) is 0 Å². The molecule has 1 N–H and O–H groups in total. The second kappa shape index (κ2) is 3.74. The lowest BCUT2D eigenvalue weighted by atomic mass is 9.87. The normalized spacial score (nSPS) is 29.2. The van der Waals surface area contributed by atoms with Gasteiger partial charge in [-0.15, -0.1) is 0 Å². The van der Waals surface area contributed by atoms with Gasteiger partial charge in [-0.05, 0) is 47.3 Å². The van der Waals surface area contributed by atoms with Crippen LogP contribution in [0.1, 0.15) is 33.1 Å². The first-order valence-electron chi connectivity index (χ1n) is 4.05.